The predicted molar refractivity (Wildman–Crippen MR) is 90.1 cm³/mol. The van der Waals surface area contributed by atoms with Gasteiger partial charge in [0.1, 0.15) is 11.6 Å². The third-order valence-corrected chi connectivity index (χ3v) is 3.23. The highest BCUT2D eigenvalue weighted by Crippen LogP contribution is 2.13. The third kappa shape index (κ3) is 5.55. The number of benzene rings is 1. The van der Waals surface area contributed by atoms with Crippen molar-refractivity contribution in [3.05, 3.63) is 53.2 Å². The molecule has 0 fully saturated rings. The number of carbonyl (C=O) groups excluding carboxylic acids is 2. The van der Waals surface area contributed by atoms with Crippen LogP contribution in [-0.2, 0) is 14.3 Å². The third-order valence-electron chi connectivity index (χ3n) is 3.00. The van der Waals surface area contributed by atoms with Crippen LogP contribution in [0.5, 0.6) is 5.75 Å². The van der Waals surface area contributed by atoms with Gasteiger partial charge in [0.15, 0.2) is 12.7 Å². The molecule has 0 radical (unpaired) electrons. The van der Waals surface area contributed by atoms with Gasteiger partial charge in [0, 0.05) is 6.20 Å². The second-order valence-corrected chi connectivity index (χ2v) is 5.52. The van der Waals surface area contributed by atoms with Crippen molar-refractivity contribution in [2.75, 3.05) is 11.9 Å². The number of nitrogens with one attached hydrogen (secondary N) is 1. The fraction of sp³-hybridized carbons (Fsp3) is 0.235. The van der Waals surface area contributed by atoms with E-state index in [1.54, 1.807) is 24.3 Å². The van der Waals surface area contributed by atoms with Gasteiger partial charge < -0.3 is 14.8 Å². The van der Waals surface area contributed by atoms with Gasteiger partial charge in [-0.15, -0.1) is 0 Å². The molecule has 2 aromatic rings. The second kappa shape index (κ2) is 8.31. The summed E-state index contributed by atoms with van der Waals surface area (Å²) in [6.45, 7) is 3.11. The van der Waals surface area contributed by atoms with Gasteiger partial charge in [0.25, 0.3) is 5.91 Å². The van der Waals surface area contributed by atoms with Gasteiger partial charge in [-0.3, -0.25) is 4.79 Å². The Labute approximate surface area is 144 Å². The maximum Gasteiger partial charge on any atom is 0.344 e. The monoisotopic (exact) mass is 348 g/mol. The average Bonchev–Trinajstić information content (AvgIpc) is 2.55. The number of nitrogens with zero attached hydrogens (tertiary/aromatic N) is 1. The van der Waals surface area contributed by atoms with Crippen LogP contribution in [0.15, 0.2) is 42.6 Å². The lowest BCUT2D eigenvalue weighted by molar-refractivity contribution is -0.155. The fourth-order valence-electron chi connectivity index (χ4n) is 1.81. The normalized spacial score (nSPS) is 11.5. The zero-order chi connectivity index (χ0) is 17.5. The Morgan fingerprint density at radius 1 is 1.29 bits per heavy atom. The maximum absolute atomic E-state index is 11.9. The molecule has 0 spiro atoms. The number of hydrogen-bond acceptors (Lipinski definition) is 5. The molecule has 0 aliphatic carbocycles. The molecule has 0 aliphatic rings. The number of carbonyl (C=O) groups is 2. The van der Waals surface area contributed by atoms with E-state index in [-0.39, 0.29) is 6.61 Å². The molecule has 1 heterocycles. The van der Waals surface area contributed by atoms with Gasteiger partial charge in [-0.05, 0) is 43.7 Å². The van der Waals surface area contributed by atoms with E-state index in [9.17, 15) is 9.59 Å². The van der Waals surface area contributed by atoms with Crippen molar-refractivity contribution in [1.82, 2.24) is 4.98 Å². The minimum Gasteiger partial charge on any atom is -0.482 e. The molecule has 126 valence electrons. The summed E-state index contributed by atoms with van der Waals surface area (Å²) < 4.78 is 10.4. The van der Waals surface area contributed by atoms with E-state index >= 15 is 0 Å². The molecule has 0 unspecified atom stereocenters. The van der Waals surface area contributed by atoms with Crippen LogP contribution in [0, 0.1) is 6.92 Å². The number of anilines is 1. The minimum absolute atomic E-state index is 0.278. The SMILES string of the molecule is Cc1cccc(OCC(=O)O[C@H](C)C(=O)Nc2ccc(Cl)cn2)c1. The molecule has 0 saturated carbocycles. The summed E-state index contributed by atoms with van der Waals surface area (Å²) in [5.41, 5.74) is 1.02. The lowest BCUT2D eigenvalue weighted by atomic mass is 10.2. The van der Waals surface area contributed by atoms with Crippen molar-refractivity contribution in [3.8, 4) is 5.75 Å². The highest BCUT2D eigenvalue weighted by molar-refractivity contribution is 6.30. The molecule has 24 heavy (non-hydrogen) atoms. The van der Waals surface area contributed by atoms with Crippen molar-refractivity contribution >= 4 is 29.3 Å². The number of esters is 1. The molecular formula is C17H17ClN2O4. The number of ether oxygens (including phenoxy) is 2. The highest BCUT2D eigenvalue weighted by atomic mass is 35.5. The number of rotatable bonds is 6. The molecule has 0 bridgehead atoms. The first-order valence-corrected chi connectivity index (χ1v) is 7.63. The molecule has 7 heteroatoms. The molecule has 1 atom stereocenters. The molecule has 0 aliphatic heterocycles. The quantitative estimate of drug-likeness (QED) is 0.812. The van der Waals surface area contributed by atoms with Gasteiger partial charge in [-0.1, -0.05) is 23.7 Å². The van der Waals surface area contributed by atoms with E-state index < -0.39 is 18.0 Å². The zero-order valence-electron chi connectivity index (χ0n) is 13.3. The summed E-state index contributed by atoms with van der Waals surface area (Å²) in [6, 6.07) is 10.4. The van der Waals surface area contributed by atoms with Gasteiger partial charge in [-0.25, -0.2) is 9.78 Å². The Balaban J connectivity index is 1.80. The Kier molecular flexibility index (Phi) is 6.14. The van der Waals surface area contributed by atoms with Crippen LogP contribution in [0.25, 0.3) is 0 Å². The standard InChI is InChI=1S/C17H17ClN2O4/c1-11-4-3-5-14(8-11)23-10-16(21)24-12(2)17(22)20-15-7-6-13(18)9-19-15/h3-9,12H,10H2,1-2H3,(H,19,20,22)/t12-/m1/s1. The summed E-state index contributed by atoms with van der Waals surface area (Å²) in [4.78, 5) is 27.6. The van der Waals surface area contributed by atoms with Crippen LogP contribution in [0.4, 0.5) is 5.82 Å². The first kappa shape index (κ1) is 17.7. The molecule has 1 aromatic carbocycles. The topological polar surface area (TPSA) is 77.5 Å². The minimum atomic E-state index is -0.976. The Morgan fingerprint density at radius 3 is 2.75 bits per heavy atom. The largest absolute Gasteiger partial charge is 0.482 e. The average molecular weight is 349 g/mol. The molecule has 1 amide bonds. The molecule has 2 rings (SSSR count). The number of pyridine rings is 1. The lowest BCUT2D eigenvalue weighted by Gasteiger charge is -2.13. The van der Waals surface area contributed by atoms with Crippen LogP contribution in [0.2, 0.25) is 5.02 Å². The van der Waals surface area contributed by atoms with E-state index in [4.69, 9.17) is 21.1 Å². The van der Waals surface area contributed by atoms with Crippen LogP contribution in [0.3, 0.4) is 0 Å². The van der Waals surface area contributed by atoms with E-state index in [2.05, 4.69) is 10.3 Å². The number of aromatic nitrogens is 1. The molecule has 1 aromatic heterocycles. The van der Waals surface area contributed by atoms with Crippen molar-refractivity contribution in [1.29, 1.82) is 0 Å². The molecule has 0 saturated heterocycles. The summed E-state index contributed by atoms with van der Waals surface area (Å²) in [7, 11) is 0. The Bertz CT molecular complexity index is 719. The van der Waals surface area contributed by atoms with Gasteiger partial charge in [0.05, 0.1) is 5.02 Å². The van der Waals surface area contributed by atoms with Crippen LogP contribution in [-0.4, -0.2) is 29.6 Å². The smallest absolute Gasteiger partial charge is 0.344 e. The van der Waals surface area contributed by atoms with E-state index in [1.165, 1.54) is 13.1 Å². The number of amides is 1. The number of aryl methyl sites for hydroxylation is 1. The van der Waals surface area contributed by atoms with Gasteiger partial charge in [0.2, 0.25) is 0 Å². The van der Waals surface area contributed by atoms with Gasteiger partial charge >= 0.3 is 5.97 Å². The van der Waals surface area contributed by atoms with Crippen molar-refractivity contribution in [3.63, 3.8) is 0 Å². The Morgan fingerprint density at radius 2 is 2.08 bits per heavy atom. The summed E-state index contributed by atoms with van der Waals surface area (Å²) in [5.74, 6) is -0.241. The predicted octanol–water partition coefficient (Wildman–Crippen LogP) is 2.99. The molecule has 1 N–H and O–H groups in total. The van der Waals surface area contributed by atoms with E-state index in [1.807, 2.05) is 19.1 Å². The number of hydrogen-bond donors (Lipinski definition) is 1. The van der Waals surface area contributed by atoms with Crippen LogP contribution in [0.1, 0.15) is 12.5 Å². The van der Waals surface area contributed by atoms with Crippen molar-refractivity contribution < 1.29 is 19.1 Å². The zero-order valence-corrected chi connectivity index (χ0v) is 14.0. The lowest BCUT2D eigenvalue weighted by Crippen LogP contribution is -2.31. The summed E-state index contributed by atoms with van der Waals surface area (Å²) >= 11 is 5.72. The Hall–Kier alpha value is -2.60. The maximum atomic E-state index is 11.9. The highest BCUT2D eigenvalue weighted by Gasteiger charge is 2.18. The van der Waals surface area contributed by atoms with Gasteiger partial charge in [-0.2, -0.15) is 0 Å². The molecular weight excluding hydrogens is 332 g/mol. The fourth-order valence-corrected chi connectivity index (χ4v) is 1.92. The van der Waals surface area contributed by atoms with Crippen LogP contribution >= 0.6 is 11.6 Å². The first-order valence-electron chi connectivity index (χ1n) is 7.25. The second-order valence-electron chi connectivity index (χ2n) is 5.09. The molecule has 6 nitrogen and oxygen atoms in total. The number of halogens is 1. The summed E-state index contributed by atoms with van der Waals surface area (Å²) in [5, 5.41) is 2.99. The van der Waals surface area contributed by atoms with Crippen LogP contribution < -0.4 is 10.1 Å². The van der Waals surface area contributed by atoms with E-state index in [0.717, 1.165) is 5.56 Å². The first-order chi connectivity index (χ1) is 11.4. The summed E-state index contributed by atoms with van der Waals surface area (Å²) in [6.07, 6.45) is 0.430. The van der Waals surface area contributed by atoms with Crippen molar-refractivity contribution in [2.24, 2.45) is 0 Å². The van der Waals surface area contributed by atoms with E-state index in [0.29, 0.717) is 16.6 Å². The van der Waals surface area contributed by atoms with Crippen molar-refractivity contribution in [2.45, 2.75) is 20.0 Å².